The van der Waals surface area contributed by atoms with Crippen molar-refractivity contribution >= 4 is 11.9 Å². The number of benzene rings is 1. The van der Waals surface area contributed by atoms with Crippen LogP contribution in [0.1, 0.15) is 26.7 Å². The van der Waals surface area contributed by atoms with Crippen molar-refractivity contribution in [1.29, 1.82) is 0 Å². The molecule has 0 saturated carbocycles. The molecule has 0 aliphatic rings. The lowest BCUT2D eigenvalue weighted by molar-refractivity contribution is -0.142. The number of hydrogen-bond donors (Lipinski definition) is 0. The minimum atomic E-state index is -0.334. The lowest BCUT2D eigenvalue weighted by Gasteiger charge is -2.28. The molecule has 6 heteroatoms. The van der Waals surface area contributed by atoms with Gasteiger partial charge in [-0.1, -0.05) is 13.0 Å². The lowest BCUT2D eigenvalue weighted by Crippen LogP contribution is -2.42. The van der Waals surface area contributed by atoms with Crippen molar-refractivity contribution < 1.29 is 23.8 Å². The van der Waals surface area contributed by atoms with Gasteiger partial charge in [-0.3, -0.25) is 9.59 Å². The summed E-state index contributed by atoms with van der Waals surface area (Å²) in [5.41, 5.74) is 0. The first-order valence-corrected chi connectivity index (χ1v) is 7.65. The van der Waals surface area contributed by atoms with Crippen LogP contribution in [0.4, 0.5) is 0 Å². The van der Waals surface area contributed by atoms with Gasteiger partial charge in [0.15, 0.2) is 6.61 Å². The fourth-order valence-electron chi connectivity index (χ4n) is 2.04. The number of hydrogen-bond acceptors (Lipinski definition) is 5. The predicted octanol–water partition coefficient (Wildman–Crippen LogP) is 2.26. The van der Waals surface area contributed by atoms with Gasteiger partial charge in [0.2, 0.25) is 0 Å². The predicted molar refractivity (Wildman–Crippen MR) is 86.6 cm³/mol. The molecule has 23 heavy (non-hydrogen) atoms. The first-order chi connectivity index (χ1) is 11.0. The third-order valence-electron chi connectivity index (χ3n) is 3.63. The molecule has 1 unspecified atom stereocenters. The van der Waals surface area contributed by atoms with Crippen LogP contribution in [-0.2, 0) is 14.3 Å². The van der Waals surface area contributed by atoms with E-state index >= 15 is 0 Å². The minimum Gasteiger partial charge on any atom is -0.497 e. The van der Waals surface area contributed by atoms with Crippen molar-refractivity contribution in [3.8, 4) is 11.5 Å². The Bertz CT molecular complexity index is 517. The van der Waals surface area contributed by atoms with E-state index in [9.17, 15) is 9.59 Å². The monoisotopic (exact) mass is 323 g/mol. The summed E-state index contributed by atoms with van der Waals surface area (Å²) in [6, 6.07) is 7.10. The summed E-state index contributed by atoms with van der Waals surface area (Å²) in [7, 11) is 2.91. The standard InChI is InChI=1S/C17H25NO5/c1-5-13(2)18(10-9-17(20)22-4)16(19)12-23-15-8-6-7-14(11-15)21-3/h6-8,11,13H,5,9-10,12H2,1-4H3. The van der Waals surface area contributed by atoms with E-state index < -0.39 is 0 Å². The average Bonchev–Trinajstić information content (AvgIpc) is 2.59. The minimum absolute atomic E-state index is 0.0288. The number of rotatable bonds is 9. The zero-order chi connectivity index (χ0) is 17.2. The van der Waals surface area contributed by atoms with Crippen molar-refractivity contribution in [2.75, 3.05) is 27.4 Å². The van der Waals surface area contributed by atoms with Crippen molar-refractivity contribution in [2.24, 2.45) is 0 Å². The largest absolute Gasteiger partial charge is 0.497 e. The van der Waals surface area contributed by atoms with Crippen LogP contribution < -0.4 is 9.47 Å². The van der Waals surface area contributed by atoms with Gasteiger partial charge in [-0.05, 0) is 25.5 Å². The Kier molecular flexibility index (Phi) is 7.94. The summed E-state index contributed by atoms with van der Waals surface area (Å²) in [5, 5.41) is 0. The number of carbonyl (C=O) groups is 2. The normalized spacial score (nSPS) is 11.5. The van der Waals surface area contributed by atoms with E-state index in [-0.39, 0.29) is 30.9 Å². The highest BCUT2D eigenvalue weighted by molar-refractivity contribution is 5.79. The molecule has 0 saturated heterocycles. The van der Waals surface area contributed by atoms with Gasteiger partial charge in [-0.25, -0.2) is 0 Å². The summed E-state index contributed by atoms with van der Waals surface area (Å²) in [5.74, 6) is 0.736. The quantitative estimate of drug-likeness (QED) is 0.652. The molecule has 0 fully saturated rings. The Hall–Kier alpha value is -2.24. The molecular weight excluding hydrogens is 298 g/mol. The molecule has 0 radical (unpaired) electrons. The molecule has 0 heterocycles. The highest BCUT2D eigenvalue weighted by atomic mass is 16.5. The van der Waals surface area contributed by atoms with Gasteiger partial charge < -0.3 is 19.1 Å². The number of methoxy groups -OCH3 is 2. The summed E-state index contributed by atoms with van der Waals surface area (Å²) in [6.45, 7) is 4.17. The number of carbonyl (C=O) groups excluding carboxylic acids is 2. The van der Waals surface area contributed by atoms with E-state index in [1.54, 1.807) is 36.3 Å². The van der Waals surface area contributed by atoms with Crippen molar-refractivity contribution in [2.45, 2.75) is 32.7 Å². The van der Waals surface area contributed by atoms with Gasteiger partial charge in [-0.15, -0.1) is 0 Å². The fraction of sp³-hybridized carbons (Fsp3) is 0.529. The molecule has 1 aromatic carbocycles. The molecule has 1 atom stereocenters. The number of nitrogens with zero attached hydrogens (tertiary/aromatic N) is 1. The maximum atomic E-state index is 12.4. The van der Waals surface area contributed by atoms with Crippen LogP contribution in [0, 0.1) is 0 Å². The van der Waals surface area contributed by atoms with Crippen LogP contribution in [0.25, 0.3) is 0 Å². The van der Waals surface area contributed by atoms with Crippen LogP contribution in [0.3, 0.4) is 0 Å². The highest BCUT2D eigenvalue weighted by Gasteiger charge is 2.20. The van der Waals surface area contributed by atoms with Gasteiger partial charge in [-0.2, -0.15) is 0 Å². The topological polar surface area (TPSA) is 65.1 Å². The first kappa shape index (κ1) is 18.8. The Morgan fingerprint density at radius 1 is 1.22 bits per heavy atom. The number of esters is 1. The van der Waals surface area contributed by atoms with Crippen LogP contribution in [0.2, 0.25) is 0 Å². The second kappa shape index (κ2) is 9.71. The Morgan fingerprint density at radius 3 is 2.52 bits per heavy atom. The van der Waals surface area contributed by atoms with Gasteiger partial charge in [0, 0.05) is 18.7 Å². The summed E-state index contributed by atoms with van der Waals surface area (Å²) < 4.78 is 15.3. The third kappa shape index (κ3) is 6.18. The maximum absolute atomic E-state index is 12.4. The molecule has 0 bridgehead atoms. The molecule has 0 N–H and O–H groups in total. The first-order valence-electron chi connectivity index (χ1n) is 7.65. The molecule has 6 nitrogen and oxygen atoms in total. The molecule has 0 aliphatic heterocycles. The zero-order valence-corrected chi connectivity index (χ0v) is 14.2. The molecule has 128 valence electrons. The molecule has 0 spiro atoms. The molecule has 1 rings (SSSR count). The smallest absolute Gasteiger partial charge is 0.307 e. The number of amides is 1. The summed E-state index contributed by atoms with van der Waals surface area (Å²) in [6.07, 6.45) is 0.970. The van der Waals surface area contributed by atoms with E-state index in [1.807, 2.05) is 13.8 Å². The highest BCUT2D eigenvalue weighted by Crippen LogP contribution is 2.19. The zero-order valence-electron chi connectivity index (χ0n) is 14.2. The third-order valence-corrected chi connectivity index (χ3v) is 3.63. The lowest BCUT2D eigenvalue weighted by atomic mass is 10.2. The van der Waals surface area contributed by atoms with Gasteiger partial charge in [0.25, 0.3) is 5.91 Å². The van der Waals surface area contributed by atoms with Gasteiger partial charge in [0.05, 0.1) is 20.6 Å². The SMILES string of the molecule is CCC(C)N(CCC(=O)OC)C(=O)COc1cccc(OC)c1. The fourth-order valence-corrected chi connectivity index (χ4v) is 2.04. The molecule has 0 aliphatic carbocycles. The van der Waals surface area contributed by atoms with Crippen LogP contribution in [0.15, 0.2) is 24.3 Å². The van der Waals surface area contributed by atoms with E-state index in [4.69, 9.17) is 9.47 Å². The Morgan fingerprint density at radius 2 is 1.91 bits per heavy atom. The van der Waals surface area contributed by atoms with Gasteiger partial charge >= 0.3 is 5.97 Å². The Labute approximate surface area is 137 Å². The van der Waals surface area contributed by atoms with Crippen LogP contribution in [0.5, 0.6) is 11.5 Å². The van der Waals surface area contributed by atoms with Crippen molar-refractivity contribution in [3.05, 3.63) is 24.3 Å². The van der Waals surface area contributed by atoms with E-state index in [1.165, 1.54) is 7.11 Å². The summed E-state index contributed by atoms with van der Waals surface area (Å²) in [4.78, 5) is 25.3. The van der Waals surface area contributed by atoms with Crippen LogP contribution in [-0.4, -0.2) is 50.2 Å². The maximum Gasteiger partial charge on any atom is 0.307 e. The van der Waals surface area contributed by atoms with Crippen molar-refractivity contribution in [3.63, 3.8) is 0 Å². The van der Waals surface area contributed by atoms with Crippen molar-refractivity contribution in [1.82, 2.24) is 4.90 Å². The summed E-state index contributed by atoms with van der Waals surface area (Å²) >= 11 is 0. The van der Waals surface area contributed by atoms with E-state index in [0.29, 0.717) is 18.0 Å². The Balaban J connectivity index is 2.63. The average molecular weight is 323 g/mol. The molecule has 0 aromatic heterocycles. The van der Waals surface area contributed by atoms with Gasteiger partial charge in [0.1, 0.15) is 11.5 Å². The second-order valence-corrected chi connectivity index (χ2v) is 5.14. The number of ether oxygens (including phenoxy) is 3. The molecule has 1 amide bonds. The van der Waals surface area contributed by atoms with Crippen LogP contribution >= 0.6 is 0 Å². The molecular formula is C17H25NO5. The second-order valence-electron chi connectivity index (χ2n) is 5.14. The van der Waals surface area contributed by atoms with E-state index in [2.05, 4.69) is 4.74 Å². The van der Waals surface area contributed by atoms with E-state index in [0.717, 1.165) is 6.42 Å². The molecule has 1 aromatic rings.